The van der Waals surface area contributed by atoms with Gasteiger partial charge in [0.05, 0.1) is 6.04 Å². The van der Waals surface area contributed by atoms with E-state index in [-0.39, 0.29) is 23.7 Å². The van der Waals surface area contributed by atoms with Crippen LogP contribution in [0.3, 0.4) is 0 Å². The molecule has 0 radical (unpaired) electrons. The number of anilines is 1. The second kappa shape index (κ2) is 6.63. The number of carbonyl (C=O) groups is 1. The lowest BCUT2D eigenvalue weighted by Crippen LogP contribution is -2.44. The van der Waals surface area contributed by atoms with Crippen LogP contribution in [0.25, 0.3) is 0 Å². The fraction of sp³-hybridized carbons (Fsp3) is 0.150. The Labute approximate surface area is 149 Å². The van der Waals surface area contributed by atoms with Crippen molar-refractivity contribution in [3.63, 3.8) is 0 Å². The average Bonchev–Trinajstić information content (AvgIpc) is 3.12. The molecule has 1 N–H and O–H groups in total. The van der Waals surface area contributed by atoms with E-state index in [0.717, 1.165) is 11.3 Å². The molecule has 2 amide bonds. The highest BCUT2D eigenvalue weighted by Gasteiger charge is 2.32. The van der Waals surface area contributed by atoms with Crippen molar-refractivity contribution < 1.29 is 13.6 Å². The van der Waals surface area contributed by atoms with Gasteiger partial charge in [-0.25, -0.2) is 13.6 Å². The van der Waals surface area contributed by atoms with Gasteiger partial charge in [-0.15, -0.1) is 0 Å². The van der Waals surface area contributed by atoms with E-state index in [1.54, 1.807) is 17.0 Å². The van der Waals surface area contributed by atoms with Crippen LogP contribution in [0.2, 0.25) is 0 Å². The van der Waals surface area contributed by atoms with Crippen molar-refractivity contribution in [2.24, 2.45) is 0 Å². The van der Waals surface area contributed by atoms with Gasteiger partial charge in [0.15, 0.2) is 0 Å². The molecule has 0 bridgehead atoms. The largest absolute Gasteiger partial charge is 0.348 e. The van der Waals surface area contributed by atoms with Crippen molar-refractivity contribution in [3.8, 4) is 0 Å². The Balaban J connectivity index is 1.66. The highest BCUT2D eigenvalue weighted by atomic mass is 19.1. The topological polar surface area (TPSA) is 37.3 Å². The average molecular weight is 353 g/mol. The third-order valence-electron chi connectivity index (χ3n) is 4.58. The molecular weight excluding hydrogens is 336 g/mol. The molecule has 1 aliphatic heterocycles. The van der Waals surface area contributed by atoms with E-state index < -0.39 is 0 Å². The van der Waals surface area contributed by atoms with E-state index in [0.29, 0.717) is 18.8 Å². The van der Waals surface area contributed by atoms with Crippen LogP contribution in [0.4, 0.5) is 19.3 Å². The minimum Gasteiger partial charge on any atom is -0.348 e. The van der Waals surface area contributed by atoms with Crippen molar-refractivity contribution in [2.45, 2.75) is 12.6 Å². The highest BCUT2D eigenvalue weighted by molar-refractivity contribution is 5.90. The Morgan fingerprint density at radius 1 is 0.923 bits per heavy atom. The maximum atomic E-state index is 13.3. The van der Waals surface area contributed by atoms with E-state index in [4.69, 9.17) is 0 Å². The minimum absolute atomic E-state index is 0.279. The summed E-state index contributed by atoms with van der Waals surface area (Å²) in [7, 11) is 0. The van der Waals surface area contributed by atoms with Gasteiger partial charge in [0.2, 0.25) is 0 Å². The van der Waals surface area contributed by atoms with E-state index >= 15 is 0 Å². The predicted molar refractivity (Wildman–Crippen MR) is 94.8 cm³/mol. The molecule has 26 heavy (non-hydrogen) atoms. The van der Waals surface area contributed by atoms with Crippen molar-refractivity contribution in [1.82, 2.24) is 9.47 Å². The molecule has 4 nitrogen and oxygen atoms in total. The molecule has 0 aliphatic carbocycles. The smallest absolute Gasteiger partial charge is 0.322 e. The van der Waals surface area contributed by atoms with Gasteiger partial charge in [-0.3, -0.25) is 0 Å². The first kappa shape index (κ1) is 16.3. The van der Waals surface area contributed by atoms with Crippen LogP contribution in [-0.4, -0.2) is 22.0 Å². The Hall–Kier alpha value is -3.15. The van der Waals surface area contributed by atoms with Crippen LogP contribution in [0.5, 0.6) is 0 Å². The van der Waals surface area contributed by atoms with Gasteiger partial charge in [-0.2, -0.15) is 0 Å². The third kappa shape index (κ3) is 3.06. The van der Waals surface area contributed by atoms with Gasteiger partial charge < -0.3 is 14.8 Å². The molecule has 1 atom stereocenters. The molecule has 0 spiro atoms. The quantitative estimate of drug-likeness (QED) is 0.728. The number of hydrogen-bond donors (Lipinski definition) is 1. The zero-order chi connectivity index (χ0) is 18.1. The van der Waals surface area contributed by atoms with Gasteiger partial charge in [-0.1, -0.05) is 12.1 Å². The number of fused-ring (bicyclic) bond motifs is 1. The van der Waals surface area contributed by atoms with Gasteiger partial charge in [0.25, 0.3) is 0 Å². The lowest BCUT2D eigenvalue weighted by atomic mass is 10.0. The molecule has 0 unspecified atom stereocenters. The molecule has 3 aromatic rings. The summed E-state index contributed by atoms with van der Waals surface area (Å²) in [6, 6.07) is 15.1. The standard InChI is InChI=1S/C20H17F2N3O/c21-15-5-3-14(4-6-15)19-18-2-1-11-24(18)12-13-25(19)20(26)23-17-9-7-16(22)8-10-17/h1-11,19H,12-13H2,(H,23,26)/t19-/m0/s1. The maximum absolute atomic E-state index is 13.3. The second-order valence-electron chi connectivity index (χ2n) is 6.21. The van der Waals surface area contributed by atoms with E-state index in [2.05, 4.69) is 9.88 Å². The summed E-state index contributed by atoms with van der Waals surface area (Å²) < 4.78 is 28.5. The second-order valence-corrected chi connectivity index (χ2v) is 6.21. The van der Waals surface area contributed by atoms with Crippen LogP contribution in [0.1, 0.15) is 17.3 Å². The summed E-state index contributed by atoms with van der Waals surface area (Å²) in [6.45, 7) is 1.19. The van der Waals surface area contributed by atoms with Crippen molar-refractivity contribution in [2.75, 3.05) is 11.9 Å². The zero-order valence-corrected chi connectivity index (χ0v) is 13.9. The number of nitrogens with one attached hydrogen (secondary N) is 1. The van der Waals surface area contributed by atoms with Gasteiger partial charge >= 0.3 is 6.03 Å². The summed E-state index contributed by atoms with van der Waals surface area (Å²) in [5, 5.41) is 2.81. The molecule has 4 rings (SSSR count). The molecule has 0 saturated heterocycles. The number of aromatic nitrogens is 1. The number of rotatable bonds is 2. The number of nitrogens with zero attached hydrogens (tertiary/aromatic N) is 2. The molecule has 2 aromatic carbocycles. The molecular formula is C20H17F2N3O. The van der Waals surface area contributed by atoms with Crippen molar-refractivity contribution in [3.05, 3.63) is 89.8 Å². The Bertz CT molecular complexity index is 919. The van der Waals surface area contributed by atoms with E-state index in [1.807, 2.05) is 18.3 Å². The number of halogens is 2. The SMILES string of the molecule is O=C(Nc1ccc(F)cc1)N1CCn2cccc2[C@@H]1c1ccc(F)cc1. The molecule has 2 heterocycles. The Morgan fingerprint density at radius 2 is 1.58 bits per heavy atom. The molecule has 1 aliphatic rings. The van der Waals surface area contributed by atoms with Gasteiger partial charge in [0.1, 0.15) is 11.6 Å². The molecule has 6 heteroatoms. The summed E-state index contributed by atoms with van der Waals surface area (Å²) >= 11 is 0. The zero-order valence-electron chi connectivity index (χ0n) is 13.9. The first-order chi connectivity index (χ1) is 12.6. The molecule has 0 saturated carbocycles. The first-order valence-electron chi connectivity index (χ1n) is 8.35. The molecule has 0 fully saturated rings. The van der Waals surface area contributed by atoms with E-state index in [1.165, 1.54) is 36.4 Å². The number of urea groups is 1. The number of hydrogen-bond acceptors (Lipinski definition) is 1. The fourth-order valence-corrected chi connectivity index (χ4v) is 3.33. The van der Waals surface area contributed by atoms with Crippen LogP contribution in [0, 0.1) is 11.6 Å². The first-order valence-corrected chi connectivity index (χ1v) is 8.35. The number of benzene rings is 2. The van der Waals surface area contributed by atoms with Crippen LogP contribution >= 0.6 is 0 Å². The summed E-state index contributed by atoms with van der Waals surface area (Å²) in [4.78, 5) is 14.6. The number of amides is 2. The van der Waals surface area contributed by atoms with Crippen LogP contribution in [0.15, 0.2) is 66.9 Å². The third-order valence-corrected chi connectivity index (χ3v) is 4.58. The summed E-state index contributed by atoms with van der Waals surface area (Å²) in [5.41, 5.74) is 2.33. The molecule has 132 valence electrons. The lowest BCUT2D eigenvalue weighted by Gasteiger charge is -2.37. The predicted octanol–water partition coefficient (Wildman–Crippen LogP) is 4.40. The lowest BCUT2D eigenvalue weighted by molar-refractivity contribution is 0.182. The van der Waals surface area contributed by atoms with Crippen molar-refractivity contribution >= 4 is 11.7 Å². The minimum atomic E-state index is -0.358. The Kier molecular flexibility index (Phi) is 4.16. The highest BCUT2D eigenvalue weighted by Crippen LogP contribution is 2.33. The molecule has 1 aromatic heterocycles. The van der Waals surface area contributed by atoms with Crippen LogP contribution in [-0.2, 0) is 6.54 Å². The summed E-state index contributed by atoms with van der Waals surface area (Å²) in [5.74, 6) is -0.676. The fourth-order valence-electron chi connectivity index (χ4n) is 3.33. The monoisotopic (exact) mass is 353 g/mol. The number of carbonyl (C=O) groups excluding carboxylic acids is 1. The summed E-state index contributed by atoms with van der Waals surface area (Å²) in [6.07, 6.45) is 1.97. The van der Waals surface area contributed by atoms with Gasteiger partial charge in [-0.05, 0) is 54.1 Å². The van der Waals surface area contributed by atoms with Crippen molar-refractivity contribution in [1.29, 1.82) is 0 Å². The van der Waals surface area contributed by atoms with E-state index in [9.17, 15) is 13.6 Å². The van der Waals surface area contributed by atoms with Gasteiger partial charge in [0, 0.05) is 30.7 Å². The maximum Gasteiger partial charge on any atom is 0.322 e. The van der Waals surface area contributed by atoms with Crippen LogP contribution < -0.4 is 5.32 Å². The Morgan fingerprint density at radius 3 is 2.27 bits per heavy atom. The normalized spacial score (nSPS) is 16.2.